The molecule has 2 aromatic rings. The van der Waals surface area contributed by atoms with E-state index in [1.165, 1.54) is 0 Å². The van der Waals surface area contributed by atoms with Gasteiger partial charge >= 0.3 is 6.16 Å². The molecule has 2 heterocycles. The Balaban J connectivity index is 1.55. The van der Waals surface area contributed by atoms with Crippen LogP contribution in [0.15, 0.2) is 18.2 Å². The van der Waals surface area contributed by atoms with Crippen molar-refractivity contribution in [3.63, 3.8) is 0 Å². The summed E-state index contributed by atoms with van der Waals surface area (Å²) in [5.74, 6) is 1.89. The SMILES string of the molecule is COCC(C)OC1CCC(c2nnc3n2-c2ccc(Cl)cc2CN(OC(=O)OC(C)(C)C)C3)CC1. The Kier molecular flexibility index (Phi) is 8.00. The number of rotatable bonds is 6. The van der Waals surface area contributed by atoms with Gasteiger partial charge in [-0.15, -0.1) is 15.3 Å². The lowest BCUT2D eigenvalue weighted by Crippen LogP contribution is -2.31. The van der Waals surface area contributed by atoms with Crippen molar-refractivity contribution in [1.29, 1.82) is 0 Å². The zero-order valence-corrected chi connectivity index (χ0v) is 21.9. The summed E-state index contributed by atoms with van der Waals surface area (Å²) < 4.78 is 18.8. The summed E-state index contributed by atoms with van der Waals surface area (Å²) in [5.41, 5.74) is 1.22. The second-order valence-electron chi connectivity index (χ2n) is 10.3. The van der Waals surface area contributed by atoms with E-state index in [1.54, 1.807) is 32.9 Å². The van der Waals surface area contributed by atoms with Crippen LogP contribution in [0.2, 0.25) is 5.02 Å². The zero-order chi connectivity index (χ0) is 25.2. The number of hydroxylamine groups is 2. The molecular weight excluding hydrogens is 472 g/mol. The molecule has 35 heavy (non-hydrogen) atoms. The van der Waals surface area contributed by atoms with Crippen molar-refractivity contribution in [2.75, 3.05) is 13.7 Å². The lowest BCUT2D eigenvalue weighted by molar-refractivity contribution is -0.155. The quantitative estimate of drug-likeness (QED) is 0.495. The number of benzene rings is 1. The third-order valence-corrected chi connectivity index (χ3v) is 6.40. The van der Waals surface area contributed by atoms with Gasteiger partial charge in [-0.3, -0.25) is 4.57 Å². The number of nitrogens with zero attached hydrogens (tertiary/aromatic N) is 4. The number of hydrogen-bond acceptors (Lipinski definition) is 8. The molecule has 2 aliphatic rings. The number of fused-ring (bicyclic) bond motifs is 3. The number of hydrogen-bond donors (Lipinski definition) is 0. The van der Waals surface area contributed by atoms with E-state index in [-0.39, 0.29) is 24.7 Å². The van der Waals surface area contributed by atoms with Gasteiger partial charge in [-0.05, 0) is 77.1 Å². The van der Waals surface area contributed by atoms with Crippen molar-refractivity contribution in [3.8, 4) is 5.69 Å². The smallest absolute Gasteiger partial charge is 0.427 e. The van der Waals surface area contributed by atoms with E-state index in [2.05, 4.69) is 14.8 Å². The maximum absolute atomic E-state index is 12.4. The van der Waals surface area contributed by atoms with Crippen molar-refractivity contribution in [2.24, 2.45) is 0 Å². The summed E-state index contributed by atoms with van der Waals surface area (Å²) in [5, 5.41) is 11.2. The highest BCUT2D eigenvalue weighted by molar-refractivity contribution is 6.30. The first kappa shape index (κ1) is 25.9. The maximum Gasteiger partial charge on any atom is 0.528 e. The van der Waals surface area contributed by atoms with Crippen LogP contribution < -0.4 is 0 Å². The fourth-order valence-corrected chi connectivity index (χ4v) is 4.96. The summed E-state index contributed by atoms with van der Waals surface area (Å²) in [4.78, 5) is 17.9. The third-order valence-electron chi connectivity index (χ3n) is 6.16. The first-order valence-corrected chi connectivity index (χ1v) is 12.5. The van der Waals surface area contributed by atoms with Gasteiger partial charge in [0.1, 0.15) is 11.4 Å². The minimum atomic E-state index is -0.754. The molecular formula is C25H35ClN4O5. The molecule has 0 saturated heterocycles. The van der Waals surface area contributed by atoms with Gasteiger partial charge in [-0.1, -0.05) is 11.6 Å². The summed E-state index contributed by atoms with van der Waals surface area (Å²) in [7, 11) is 1.69. The van der Waals surface area contributed by atoms with Gasteiger partial charge in [-0.25, -0.2) is 4.79 Å². The van der Waals surface area contributed by atoms with Crippen molar-refractivity contribution in [3.05, 3.63) is 40.4 Å². The molecule has 0 amide bonds. The summed E-state index contributed by atoms with van der Waals surface area (Å²) in [6.45, 7) is 8.67. The first-order valence-electron chi connectivity index (χ1n) is 12.2. The first-order chi connectivity index (χ1) is 16.6. The molecule has 0 radical (unpaired) electrons. The zero-order valence-electron chi connectivity index (χ0n) is 21.1. The van der Waals surface area contributed by atoms with Crippen molar-refractivity contribution in [1.82, 2.24) is 19.8 Å². The molecule has 1 unspecified atom stereocenters. The lowest BCUT2D eigenvalue weighted by Gasteiger charge is -2.30. The van der Waals surface area contributed by atoms with Gasteiger partial charge in [0.25, 0.3) is 0 Å². The average Bonchev–Trinajstić information content (AvgIpc) is 3.10. The molecule has 1 fully saturated rings. The number of aromatic nitrogens is 3. The van der Waals surface area contributed by atoms with Crippen LogP contribution in [0.4, 0.5) is 4.79 Å². The normalized spacial score (nSPS) is 21.5. The summed E-state index contributed by atoms with van der Waals surface area (Å²) in [6, 6.07) is 5.73. The van der Waals surface area contributed by atoms with Gasteiger partial charge in [0.2, 0.25) is 0 Å². The third kappa shape index (κ3) is 6.52. The molecule has 192 valence electrons. The Morgan fingerprint density at radius 1 is 1.17 bits per heavy atom. The molecule has 1 saturated carbocycles. The van der Waals surface area contributed by atoms with Crippen LogP contribution >= 0.6 is 11.6 Å². The van der Waals surface area contributed by atoms with E-state index >= 15 is 0 Å². The number of ether oxygens (including phenoxy) is 3. The highest BCUT2D eigenvalue weighted by atomic mass is 35.5. The van der Waals surface area contributed by atoms with Crippen LogP contribution in [0.3, 0.4) is 0 Å². The maximum atomic E-state index is 12.4. The molecule has 1 aromatic heterocycles. The predicted molar refractivity (Wildman–Crippen MR) is 130 cm³/mol. The summed E-state index contributed by atoms with van der Waals surface area (Å²) in [6.07, 6.45) is 3.40. The van der Waals surface area contributed by atoms with Gasteiger partial charge in [0.05, 0.1) is 37.6 Å². The molecule has 9 nitrogen and oxygen atoms in total. The predicted octanol–water partition coefficient (Wildman–Crippen LogP) is 5.18. The highest BCUT2D eigenvalue weighted by Crippen LogP contribution is 2.37. The number of methoxy groups -OCH3 is 1. The van der Waals surface area contributed by atoms with Gasteiger partial charge in [0.15, 0.2) is 5.82 Å². The molecule has 1 aliphatic carbocycles. The molecule has 10 heteroatoms. The molecule has 1 aliphatic heterocycles. The van der Waals surface area contributed by atoms with E-state index in [1.807, 2.05) is 25.1 Å². The fraction of sp³-hybridized carbons (Fsp3) is 0.640. The van der Waals surface area contributed by atoms with Crippen molar-refractivity contribution in [2.45, 2.75) is 90.2 Å². The Morgan fingerprint density at radius 3 is 2.60 bits per heavy atom. The monoisotopic (exact) mass is 506 g/mol. The van der Waals surface area contributed by atoms with E-state index in [0.717, 1.165) is 42.8 Å². The van der Waals surface area contributed by atoms with Crippen LogP contribution in [0, 0.1) is 0 Å². The molecule has 0 N–H and O–H groups in total. The molecule has 1 atom stereocenters. The van der Waals surface area contributed by atoms with Crippen LogP contribution in [0.5, 0.6) is 0 Å². The fourth-order valence-electron chi connectivity index (χ4n) is 4.76. The van der Waals surface area contributed by atoms with Crippen LogP contribution in [-0.2, 0) is 32.1 Å². The Morgan fingerprint density at radius 2 is 1.91 bits per heavy atom. The number of carbonyl (C=O) groups is 1. The van der Waals surface area contributed by atoms with Crippen LogP contribution in [0.25, 0.3) is 5.69 Å². The van der Waals surface area contributed by atoms with Crippen LogP contribution in [-0.4, -0.2) is 57.5 Å². The van der Waals surface area contributed by atoms with E-state index in [0.29, 0.717) is 24.0 Å². The van der Waals surface area contributed by atoms with Crippen molar-refractivity contribution < 1.29 is 23.8 Å². The lowest BCUT2D eigenvalue weighted by atomic mass is 9.86. The van der Waals surface area contributed by atoms with E-state index < -0.39 is 11.8 Å². The van der Waals surface area contributed by atoms with E-state index in [9.17, 15) is 4.79 Å². The largest absolute Gasteiger partial charge is 0.528 e. The second kappa shape index (κ2) is 10.8. The van der Waals surface area contributed by atoms with Gasteiger partial charge in [0, 0.05) is 18.1 Å². The minimum Gasteiger partial charge on any atom is -0.427 e. The second-order valence-corrected chi connectivity index (χ2v) is 10.7. The van der Waals surface area contributed by atoms with E-state index in [4.69, 9.17) is 30.6 Å². The molecule has 1 aromatic carbocycles. The van der Waals surface area contributed by atoms with Gasteiger partial charge in [-0.2, -0.15) is 0 Å². The number of halogens is 1. The minimum absolute atomic E-state index is 0.0819. The average molecular weight is 507 g/mol. The van der Waals surface area contributed by atoms with Crippen LogP contribution in [0.1, 0.15) is 76.5 Å². The molecule has 0 spiro atoms. The Bertz CT molecular complexity index is 1030. The summed E-state index contributed by atoms with van der Waals surface area (Å²) >= 11 is 6.33. The van der Waals surface area contributed by atoms with Crippen molar-refractivity contribution >= 4 is 17.8 Å². The standard InChI is InChI=1S/C25H35ClN4O5/c1-16(15-32-5)33-20-9-6-17(7-10-20)23-28-27-22-14-29(35-24(31)34-25(2,3)4)13-18-12-19(26)8-11-21(18)30(22)23/h8,11-12,16-17,20H,6-7,9-10,13-15H2,1-5H3. The highest BCUT2D eigenvalue weighted by Gasteiger charge is 2.32. The Labute approximate surface area is 211 Å². The molecule has 0 bridgehead atoms. The Hall–Kier alpha value is -2.20. The number of carbonyl (C=O) groups excluding carboxylic acids is 1. The molecule has 4 rings (SSSR count). The topological polar surface area (TPSA) is 87.9 Å². The van der Waals surface area contributed by atoms with Gasteiger partial charge < -0.3 is 19.0 Å².